The summed E-state index contributed by atoms with van der Waals surface area (Å²) in [4.78, 5) is 26.6. The Morgan fingerprint density at radius 1 is 1.26 bits per heavy atom. The van der Waals surface area contributed by atoms with Crippen LogP contribution in [0, 0.1) is 11.7 Å². The molecule has 0 aliphatic carbocycles. The predicted octanol–water partition coefficient (Wildman–Crippen LogP) is 1.99. The van der Waals surface area contributed by atoms with Crippen molar-refractivity contribution in [3.63, 3.8) is 0 Å². The molecular formula is C22H24FN3O5. The Balaban J connectivity index is 1.75. The van der Waals surface area contributed by atoms with Gasteiger partial charge in [-0.3, -0.25) is 14.9 Å². The molecule has 1 fully saturated rings. The Morgan fingerprint density at radius 3 is 2.71 bits per heavy atom. The molecule has 9 heteroatoms. The maximum Gasteiger partial charge on any atom is 0.250 e. The maximum atomic E-state index is 14.1. The van der Waals surface area contributed by atoms with Gasteiger partial charge in [0.2, 0.25) is 11.8 Å². The summed E-state index contributed by atoms with van der Waals surface area (Å²) < 4.78 is 24.6. The van der Waals surface area contributed by atoms with E-state index in [1.165, 1.54) is 32.4 Å². The van der Waals surface area contributed by atoms with Crippen molar-refractivity contribution in [1.29, 1.82) is 0 Å². The second-order valence-corrected chi connectivity index (χ2v) is 7.79. The number of benzene rings is 2. The van der Waals surface area contributed by atoms with Crippen molar-refractivity contribution in [2.24, 2.45) is 5.92 Å². The van der Waals surface area contributed by atoms with Crippen LogP contribution in [0.2, 0.25) is 0 Å². The minimum atomic E-state index is -1.50. The monoisotopic (exact) mass is 429 g/mol. The van der Waals surface area contributed by atoms with Gasteiger partial charge in [-0.1, -0.05) is 0 Å². The lowest BCUT2D eigenvalue weighted by Crippen LogP contribution is -2.53. The number of hydrogen-bond donors (Lipinski definition) is 4. The van der Waals surface area contributed by atoms with Crippen LogP contribution in [0.25, 0.3) is 0 Å². The first kappa shape index (κ1) is 21.1. The Bertz CT molecular complexity index is 1040. The number of anilines is 2. The number of hydrogen-bond acceptors (Lipinski definition) is 6. The molecule has 4 atom stereocenters. The molecule has 0 saturated carbocycles. The largest absolute Gasteiger partial charge is 0.497 e. The molecule has 4 rings (SSSR count). The molecule has 164 valence electrons. The highest BCUT2D eigenvalue weighted by molar-refractivity contribution is 6.10. The van der Waals surface area contributed by atoms with Gasteiger partial charge in [-0.15, -0.1) is 0 Å². The fourth-order valence-corrected chi connectivity index (χ4v) is 4.42. The van der Waals surface area contributed by atoms with Crippen LogP contribution in [-0.2, 0) is 15.1 Å². The normalized spacial score (nSPS) is 25.1. The van der Waals surface area contributed by atoms with Gasteiger partial charge < -0.3 is 25.2 Å². The lowest BCUT2D eigenvalue weighted by atomic mass is 9.79. The molecule has 2 aliphatic heterocycles. The minimum absolute atomic E-state index is 0.180. The van der Waals surface area contributed by atoms with Crippen LogP contribution in [0.4, 0.5) is 15.8 Å². The maximum absolute atomic E-state index is 14.1. The fourth-order valence-electron chi connectivity index (χ4n) is 4.42. The molecule has 31 heavy (non-hydrogen) atoms. The van der Waals surface area contributed by atoms with E-state index in [1.807, 2.05) is 0 Å². The minimum Gasteiger partial charge on any atom is -0.497 e. The Morgan fingerprint density at radius 2 is 2.03 bits per heavy atom. The zero-order chi connectivity index (χ0) is 22.3. The standard InChI is InChI=1S/C22H24FN3O5/c1-11(27)17-10-15(20(28)24-18-9-13(30-2)5-7-19(18)31-3)22(26-17)14-8-12(23)4-6-16(14)25-21(22)29/h4-9,11,15,17,26-27H,10H2,1-3H3,(H,24,28)(H,25,29)/t11-,15-,17+,22+/m1/s1. The van der Waals surface area contributed by atoms with E-state index in [0.29, 0.717) is 28.4 Å². The van der Waals surface area contributed by atoms with Crippen molar-refractivity contribution in [2.75, 3.05) is 24.9 Å². The molecule has 0 aromatic heterocycles. The summed E-state index contributed by atoms with van der Waals surface area (Å²) in [5.41, 5.74) is -0.351. The highest BCUT2D eigenvalue weighted by atomic mass is 19.1. The number of rotatable bonds is 5. The zero-order valence-electron chi connectivity index (χ0n) is 17.4. The molecule has 2 heterocycles. The molecule has 0 bridgehead atoms. The van der Waals surface area contributed by atoms with Crippen molar-refractivity contribution in [3.8, 4) is 11.5 Å². The number of carbonyl (C=O) groups is 2. The van der Waals surface area contributed by atoms with Gasteiger partial charge in [-0.25, -0.2) is 4.39 Å². The van der Waals surface area contributed by atoms with Crippen molar-refractivity contribution in [3.05, 3.63) is 47.8 Å². The first-order chi connectivity index (χ1) is 14.8. The number of fused-ring (bicyclic) bond motifs is 2. The zero-order valence-corrected chi connectivity index (χ0v) is 17.4. The van der Waals surface area contributed by atoms with Gasteiger partial charge in [0.05, 0.1) is 31.9 Å². The molecule has 2 aliphatic rings. The third-order valence-electron chi connectivity index (χ3n) is 6.00. The van der Waals surface area contributed by atoms with Crippen LogP contribution in [0.1, 0.15) is 18.9 Å². The van der Waals surface area contributed by atoms with E-state index in [2.05, 4.69) is 16.0 Å². The van der Waals surface area contributed by atoms with E-state index in [9.17, 15) is 19.1 Å². The summed E-state index contributed by atoms with van der Waals surface area (Å²) in [5, 5.41) is 18.9. The third-order valence-corrected chi connectivity index (χ3v) is 6.00. The van der Waals surface area contributed by atoms with E-state index in [4.69, 9.17) is 9.47 Å². The highest BCUT2D eigenvalue weighted by Gasteiger charge is 2.60. The van der Waals surface area contributed by atoms with E-state index < -0.39 is 41.2 Å². The number of amides is 2. The SMILES string of the molecule is COc1ccc(OC)c(NC(=O)[C@H]2C[C@@H]([C@@H](C)O)N[C@]23C(=O)Nc2ccc(F)cc23)c1. The molecule has 1 spiro atoms. The summed E-state index contributed by atoms with van der Waals surface area (Å²) in [6.45, 7) is 1.58. The highest BCUT2D eigenvalue weighted by Crippen LogP contribution is 2.48. The number of methoxy groups -OCH3 is 2. The van der Waals surface area contributed by atoms with E-state index in [0.717, 1.165) is 0 Å². The topological polar surface area (TPSA) is 109 Å². The van der Waals surface area contributed by atoms with Gasteiger partial charge in [-0.2, -0.15) is 0 Å². The van der Waals surface area contributed by atoms with Crippen LogP contribution in [0.5, 0.6) is 11.5 Å². The molecule has 4 N–H and O–H groups in total. The van der Waals surface area contributed by atoms with Crippen LogP contribution in [0.15, 0.2) is 36.4 Å². The van der Waals surface area contributed by atoms with E-state index in [1.54, 1.807) is 25.1 Å². The van der Waals surface area contributed by atoms with Gasteiger partial charge in [0.15, 0.2) is 0 Å². The molecule has 0 radical (unpaired) electrons. The Kier molecular flexibility index (Phi) is 5.32. The van der Waals surface area contributed by atoms with Crippen LogP contribution in [0.3, 0.4) is 0 Å². The Hall–Kier alpha value is -3.17. The Labute approximate surface area is 178 Å². The first-order valence-electron chi connectivity index (χ1n) is 9.90. The average Bonchev–Trinajstić information content (AvgIpc) is 3.28. The van der Waals surface area contributed by atoms with Crippen molar-refractivity contribution >= 4 is 23.2 Å². The lowest BCUT2D eigenvalue weighted by molar-refractivity contribution is -0.130. The smallest absolute Gasteiger partial charge is 0.250 e. The molecular weight excluding hydrogens is 405 g/mol. The van der Waals surface area contributed by atoms with Crippen LogP contribution in [-0.4, -0.2) is 43.3 Å². The lowest BCUT2D eigenvalue weighted by Gasteiger charge is -2.29. The molecule has 2 amide bonds. The summed E-state index contributed by atoms with van der Waals surface area (Å²) in [5.74, 6) is -1.42. The number of aliphatic hydroxyl groups is 1. The molecule has 1 saturated heterocycles. The second kappa shape index (κ2) is 7.82. The number of ether oxygens (including phenoxy) is 2. The molecule has 8 nitrogen and oxygen atoms in total. The summed E-state index contributed by atoms with van der Waals surface area (Å²) in [6.07, 6.45) is -0.648. The molecule has 0 unspecified atom stereocenters. The van der Waals surface area contributed by atoms with Crippen molar-refractivity contribution in [2.45, 2.75) is 31.0 Å². The van der Waals surface area contributed by atoms with Gasteiger partial charge in [-0.05, 0) is 43.7 Å². The van der Waals surface area contributed by atoms with Gasteiger partial charge in [0, 0.05) is 23.4 Å². The van der Waals surface area contributed by atoms with Crippen LogP contribution < -0.4 is 25.4 Å². The number of aliphatic hydroxyl groups excluding tert-OH is 1. The van der Waals surface area contributed by atoms with Gasteiger partial charge in [0.1, 0.15) is 22.9 Å². The van der Waals surface area contributed by atoms with Crippen molar-refractivity contribution in [1.82, 2.24) is 5.32 Å². The number of carbonyl (C=O) groups excluding carboxylic acids is 2. The third kappa shape index (κ3) is 3.39. The summed E-state index contributed by atoms with van der Waals surface area (Å²) in [6, 6.07) is 8.38. The first-order valence-corrected chi connectivity index (χ1v) is 9.90. The van der Waals surface area contributed by atoms with E-state index in [-0.39, 0.29) is 6.42 Å². The summed E-state index contributed by atoms with van der Waals surface area (Å²) in [7, 11) is 2.98. The van der Waals surface area contributed by atoms with Gasteiger partial charge in [0.25, 0.3) is 0 Å². The summed E-state index contributed by atoms with van der Waals surface area (Å²) >= 11 is 0. The molecule has 2 aromatic carbocycles. The van der Waals surface area contributed by atoms with E-state index >= 15 is 0 Å². The quantitative estimate of drug-likeness (QED) is 0.579. The predicted molar refractivity (Wildman–Crippen MR) is 112 cm³/mol. The van der Waals surface area contributed by atoms with Crippen molar-refractivity contribution < 1.29 is 28.6 Å². The molecule has 2 aromatic rings. The number of nitrogens with one attached hydrogen (secondary N) is 3. The number of halogens is 1. The fraction of sp³-hybridized carbons (Fsp3) is 0.364. The van der Waals surface area contributed by atoms with Crippen LogP contribution >= 0.6 is 0 Å². The van der Waals surface area contributed by atoms with Gasteiger partial charge >= 0.3 is 0 Å². The average molecular weight is 429 g/mol. The second-order valence-electron chi connectivity index (χ2n) is 7.79.